The third kappa shape index (κ3) is 6.18. The molecule has 0 bridgehead atoms. The van der Waals surface area contributed by atoms with Crippen molar-refractivity contribution in [3.63, 3.8) is 0 Å². The average molecular weight is 450 g/mol. The van der Waals surface area contributed by atoms with E-state index in [1.807, 2.05) is 62.4 Å². The van der Waals surface area contributed by atoms with Gasteiger partial charge in [-0.15, -0.1) is 0 Å². The van der Waals surface area contributed by atoms with E-state index in [1.54, 1.807) is 25.1 Å². The molecule has 0 atom stereocenters. The Kier molecular flexibility index (Phi) is 7.63. The molecule has 0 aliphatic rings. The van der Waals surface area contributed by atoms with E-state index < -0.39 is 11.8 Å². The lowest BCUT2D eigenvalue weighted by Crippen LogP contribution is -2.33. The quantitative estimate of drug-likeness (QED) is 0.315. The van der Waals surface area contributed by atoms with Gasteiger partial charge in [0.15, 0.2) is 0 Å². The molecule has 0 radical (unpaired) electrons. The van der Waals surface area contributed by atoms with Crippen LogP contribution in [0.2, 0.25) is 5.02 Å². The van der Waals surface area contributed by atoms with Crippen LogP contribution >= 0.6 is 11.6 Å². The first-order valence-electron chi connectivity index (χ1n) is 10.0. The Hall–Kier alpha value is -3.64. The fourth-order valence-corrected chi connectivity index (χ4v) is 3.02. The summed E-state index contributed by atoms with van der Waals surface area (Å²) in [6, 6.07) is 20.2. The maximum absolute atomic E-state index is 12.1. The Morgan fingerprint density at radius 1 is 0.938 bits per heavy atom. The molecular weight excluding hydrogens is 426 g/mol. The van der Waals surface area contributed by atoms with Gasteiger partial charge in [-0.2, -0.15) is 5.10 Å². The highest BCUT2D eigenvalue weighted by molar-refractivity contribution is 6.39. The molecule has 32 heavy (non-hydrogen) atoms. The average Bonchev–Trinajstić information content (AvgIpc) is 2.79. The number of amides is 2. The van der Waals surface area contributed by atoms with E-state index in [2.05, 4.69) is 15.8 Å². The number of ether oxygens (including phenoxy) is 1. The predicted molar refractivity (Wildman–Crippen MR) is 127 cm³/mol. The van der Waals surface area contributed by atoms with E-state index >= 15 is 0 Å². The Balaban J connectivity index is 1.54. The first kappa shape index (κ1) is 23.0. The van der Waals surface area contributed by atoms with Crippen molar-refractivity contribution in [2.75, 3.05) is 5.32 Å². The fraction of sp³-hybridized carbons (Fsp3) is 0.160. The molecular formula is C25H24ClN3O3. The van der Waals surface area contributed by atoms with E-state index in [4.69, 9.17) is 16.3 Å². The highest BCUT2D eigenvalue weighted by Crippen LogP contribution is 2.19. The number of rotatable bonds is 6. The molecule has 3 aromatic rings. The maximum Gasteiger partial charge on any atom is 0.329 e. The van der Waals surface area contributed by atoms with Gasteiger partial charge in [0.1, 0.15) is 12.4 Å². The summed E-state index contributed by atoms with van der Waals surface area (Å²) in [6.07, 6.45) is 0. The van der Waals surface area contributed by atoms with Crippen molar-refractivity contribution < 1.29 is 14.3 Å². The summed E-state index contributed by atoms with van der Waals surface area (Å²) in [4.78, 5) is 24.2. The molecule has 0 spiro atoms. The van der Waals surface area contributed by atoms with Crippen molar-refractivity contribution in [1.29, 1.82) is 0 Å². The minimum Gasteiger partial charge on any atom is -0.489 e. The van der Waals surface area contributed by atoms with Crippen molar-refractivity contribution in [3.05, 3.63) is 94.0 Å². The number of hydrazone groups is 1. The molecule has 0 aromatic heterocycles. The van der Waals surface area contributed by atoms with Gasteiger partial charge in [-0.1, -0.05) is 35.9 Å². The SMILES string of the molecule is CC(=NNC(=O)C(=O)Nc1ccc(C)c(C)c1)c1ccc(OCc2ccccc2Cl)cc1. The molecule has 0 aliphatic heterocycles. The Bertz CT molecular complexity index is 1160. The lowest BCUT2D eigenvalue weighted by atomic mass is 10.1. The molecule has 0 fully saturated rings. The number of nitrogens with zero attached hydrogens (tertiary/aromatic N) is 1. The van der Waals surface area contributed by atoms with Crippen molar-refractivity contribution in [2.24, 2.45) is 5.10 Å². The van der Waals surface area contributed by atoms with Gasteiger partial charge in [0.25, 0.3) is 0 Å². The van der Waals surface area contributed by atoms with Gasteiger partial charge >= 0.3 is 11.8 Å². The highest BCUT2D eigenvalue weighted by Gasteiger charge is 2.13. The van der Waals surface area contributed by atoms with Crippen molar-refractivity contribution in [2.45, 2.75) is 27.4 Å². The number of carbonyl (C=O) groups excluding carboxylic acids is 2. The molecule has 2 N–H and O–H groups in total. The highest BCUT2D eigenvalue weighted by atomic mass is 35.5. The van der Waals surface area contributed by atoms with Crippen molar-refractivity contribution >= 4 is 34.8 Å². The summed E-state index contributed by atoms with van der Waals surface area (Å²) < 4.78 is 5.76. The summed E-state index contributed by atoms with van der Waals surface area (Å²) >= 11 is 6.14. The topological polar surface area (TPSA) is 79.8 Å². The maximum atomic E-state index is 12.1. The zero-order chi connectivity index (χ0) is 23.1. The summed E-state index contributed by atoms with van der Waals surface area (Å²) in [6.45, 7) is 6.01. The molecule has 3 rings (SSSR count). The Morgan fingerprint density at radius 2 is 1.66 bits per heavy atom. The van der Waals surface area contributed by atoms with Crippen LogP contribution in [0, 0.1) is 13.8 Å². The van der Waals surface area contributed by atoms with Gasteiger partial charge in [0.05, 0.1) is 5.71 Å². The largest absolute Gasteiger partial charge is 0.489 e. The van der Waals surface area contributed by atoms with Gasteiger partial charge in [0.2, 0.25) is 0 Å². The number of anilines is 1. The minimum atomic E-state index is -0.845. The normalized spacial score (nSPS) is 11.1. The number of hydrogen-bond acceptors (Lipinski definition) is 4. The van der Waals surface area contributed by atoms with Crippen LogP contribution in [-0.2, 0) is 16.2 Å². The van der Waals surface area contributed by atoms with Crippen LogP contribution in [0.15, 0.2) is 71.8 Å². The van der Waals surface area contributed by atoms with Crippen LogP contribution in [0.1, 0.15) is 29.2 Å². The van der Waals surface area contributed by atoms with E-state index in [9.17, 15) is 9.59 Å². The van der Waals surface area contributed by atoms with Gasteiger partial charge in [-0.3, -0.25) is 9.59 Å². The van der Waals surface area contributed by atoms with Gasteiger partial charge < -0.3 is 10.1 Å². The lowest BCUT2D eigenvalue weighted by molar-refractivity contribution is -0.136. The molecule has 7 heteroatoms. The molecule has 0 saturated heterocycles. The van der Waals surface area contributed by atoms with Crippen molar-refractivity contribution in [1.82, 2.24) is 5.43 Å². The van der Waals surface area contributed by atoms with Crippen LogP contribution in [0.5, 0.6) is 5.75 Å². The fourth-order valence-electron chi connectivity index (χ4n) is 2.83. The number of hydrogen-bond donors (Lipinski definition) is 2. The van der Waals surface area contributed by atoms with E-state index in [-0.39, 0.29) is 0 Å². The third-order valence-corrected chi connectivity index (χ3v) is 5.29. The van der Waals surface area contributed by atoms with Crippen LogP contribution in [0.3, 0.4) is 0 Å². The number of halogens is 1. The first-order valence-corrected chi connectivity index (χ1v) is 10.4. The molecule has 164 valence electrons. The standard InChI is InChI=1S/C25H24ClN3O3/c1-16-8-11-21(14-17(16)2)27-24(30)25(31)29-28-18(3)19-9-12-22(13-10-19)32-15-20-6-4-5-7-23(20)26/h4-14H,15H2,1-3H3,(H,27,30)(H,29,31). The first-order chi connectivity index (χ1) is 15.3. The molecule has 6 nitrogen and oxygen atoms in total. The summed E-state index contributed by atoms with van der Waals surface area (Å²) in [5.41, 5.74) is 7.21. The second-order valence-corrected chi connectivity index (χ2v) is 7.70. The van der Waals surface area contributed by atoms with Gasteiger partial charge in [-0.25, -0.2) is 5.43 Å². The van der Waals surface area contributed by atoms with Gasteiger partial charge in [-0.05, 0) is 79.9 Å². The smallest absolute Gasteiger partial charge is 0.329 e. The lowest BCUT2D eigenvalue weighted by Gasteiger charge is -2.09. The van der Waals surface area contributed by atoms with Gasteiger partial charge in [0, 0.05) is 16.3 Å². The zero-order valence-corrected chi connectivity index (χ0v) is 18.9. The monoisotopic (exact) mass is 449 g/mol. The van der Waals surface area contributed by atoms with E-state index in [0.29, 0.717) is 28.8 Å². The summed E-state index contributed by atoms with van der Waals surface area (Å²) in [7, 11) is 0. The minimum absolute atomic E-state index is 0.359. The zero-order valence-electron chi connectivity index (χ0n) is 18.1. The number of benzene rings is 3. The van der Waals surface area contributed by atoms with E-state index in [1.165, 1.54) is 0 Å². The summed E-state index contributed by atoms with van der Waals surface area (Å²) in [5.74, 6) is -0.950. The Morgan fingerprint density at radius 3 is 2.34 bits per heavy atom. The van der Waals surface area contributed by atoms with Crippen LogP contribution in [-0.4, -0.2) is 17.5 Å². The predicted octanol–water partition coefficient (Wildman–Crippen LogP) is 5.01. The number of aryl methyl sites for hydroxylation is 2. The summed E-state index contributed by atoms with van der Waals surface area (Å²) in [5, 5.41) is 7.24. The number of carbonyl (C=O) groups is 2. The van der Waals surface area contributed by atoms with E-state index in [0.717, 1.165) is 22.3 Å². The Labute approximate surface area is 192 Å². The third-order valence-electron chi connectivity index (χ3n) is 4.92. The molecule has 0 aliphatic carbocycles. The molecule has 0 saturated carbocycles. The molecule has 3 aromatic carbocycles. The number of nitrogens with one attached hydrogen (secondary N) is 2. The van der Waals surface area contributed by atoms with Crippen LogP contribution in [0.4, 0.5) is 5.69 Å². The molecule has 0 heterocycles. The second kappa shape index (κ2) is 10.6. The van der Waals surface area contributed by atoms with Crippen LogP contribution in [0.25, 0.3) is 0 Å². The molecule has 2 amide bonds. The molecule has 0 unspecified atom stereocenters. The van der Waals surface area contributed by atoms with Crippen LogP contribution < -0.4 is 15.5 Å². The van der Waals surface area contributed by atoms with Crippen molar-refractivity contribution in [3.8, 4) is 5.75 Å². The second-order valence-electron chi connectivity index (χ2n) is 7.30.